The lowest BCUT2D eigenvalue weighted by atomic mass is 9.83. The van der Waals surface area contributed by atoms with Crippen molar-refractivity contribution in [3.8, 4) is 11.1 Å². The standard InChI is InChI=1S/C36H43FN6O4/c1-6-10-29-27(19-24-13-14-26(23-11-8-7-9-12-23)31(32(24)37)28-20-30(44)40-39-28)33(45)42(34-38-22(2)41-43(29)34)25-15-17-36(5,18-16-25)47-21-35(3,4)46/h7-9,11-14,25,46H,6,10,15-21H2,1-5H3,(H,40,44). The van der Waals surface area contributed by atoms with Crippen LogP contribution in [0, 0.1) is 12.7 Å². The molecule has 2 aliphatic rings. The normalized spacial score (nSPS) is 20.1. The number of hydrazone groups is 1. The Morgan fingerprint density at radius 1 is 1.13 bits per heavy atom. The van der Waals surface area contributed by atoms with E-state index in [0.717, 1.165) is 17.7 Å². The molecule has 0 saturated heterocycles. The van der Waals surface area contributed by atoms with Gasteiger partial charge in [-0.1, -0.05) is 55.8 Å². The Morgan fingerprint density at radius 2 is 1.85 bits per heavy atom. The van der Waals surface area contributed by atoms with Crippen LogP contribution in [0.5, 0.6) is 0 Å². The van der Waals surface area contributed by atoms with Crippen LogP contribution >= 0.6 is 0 Å². The van der Waals surface area contributed by atoms with Crippen molar-refractivity contribution in [3.63, 3.8) is 0 Å². The molecule has 1 aliphatic carbocycles. The van der Waals surface area contributed by atoms with Crippen LogP contribution in [0.4, 0.5) is 4.39 Å². The van der Waals surface area contributed by atoms with Crippen molar-refractivity contribution in [2.45, 2.75) is 103 Å². The number of hydrogen-bond donors (Lipinski definition) is 2. The highest BCUT2D eigenvalue weighted by atomic mass is 19.1. The van der Waals surface area contributed by atoms with Crippen molar-refractivity contribution >= 4 is 17.4 Å². The molecular weight excluding hydrogens is 599 g/mol. The van der Waals surface area contributed by atoms with Gasteiger partial charge in [0.15, 0.2) is 0 Å². The molecule has 3 heterocycles. The third-order valence-electron chi connectivity index (χ3n) is 9.24. The number of rotatable bonds is 10. The Kier molecular flexibility index (Phi) is 8.88. The van der Waals surface area contributed by atoms with Gasteiger partial charge in [-0.3, -0.25) is 14.2 Å². The summed E-state index contributed by atoms with van der Waals surface area (Å²) in [4.78, 5) is 31.4. The molecule has 0 bridgehead atoms. The Bertz CT molecular complexity index is 1900. The number of aliphatic hydroxyl groups is 1. The number of hydrogen-bond acceptors (Lipinski definition) is 7. The first-order valence-electron chi connectivity index (χ1n) is 16.5. The predicted molar refractivity (Wildman–Crippen MR) is 178 cm³/mol. The van der Waals surface area contributed by atoms with Crippen molar-refractivity contribution in [2.75, 3.05) is 6.61 Å². The van der Waals surface area contributed by atoms with Gasteiger partial charge in [0, 0.05) is 23.6 Å². The summed E-state index contributed by atoms with van der Waals surface area (Å²) in [6.45, 7) is 9.59. The van der Waals surface area contributed by atoms with E-state index < -0.39 is 17.0 Å². The summed E-state index contributed by atoms with van der Waals surface area (Å²) < 4.78 is 26.4. The maximum Gasteiger partial charge on any atom is 0.259 e. The lowest BCUT2D eigenvalue weighted by Crippen LogP contribution is -2.41. The first kappa shape index (κ1) is 32.7. The fraction of sp³-hybridized carbons (Fsp3) is 0.472. The topological polar surface area (TPSA) is 123 Å². The molecule has 0 radical (unpaired) electrons. The first-order valence-corrected chi connectivity index (χ1v) is 16.5. The zero-order chi connectivity index (χ0) is 33.5. The summed E-state index contributed by atoms with van der Waals surface area (Å²) >= 11 is 0. The Balaban J connectivity index is 1.44. The smallest absolute Gasteiger partial charge is 0.259 e. The second kappa shape index (κ2) is 12.8. The highest BCUT2D eigenvalue weighted by molar-refractivity contribution is 6.16. The van der Waals surface area contributed by atoms with E-state index in [2.05, 4.69) is 17.5 Å². The Hall–Kier alpha value is -4.22. The summed E-state index contributed by atoms with van der Waals surface area (Å²) in [5.41, 5.74) is 4.50. The molecule has 1 aliphatic heterocycles. The lowest BCUT2D eigenvalue weighted by molar-refractivity contribution is -0.119. The largest absolute Gasteiger partial charge is 0.388 e. The van der Waals surface area contributed by atoms with E-state index in [1.54, 1.807) is 29.0 Å². The lowest BCUT2D eigenvalue weighted by Gasteiger charge is -2.39. The Labute approximate surface area is 273 Å². The van der Waals surface area contributed by atoms with Crippen LogP contribution in [0.3, 0.4) is 0 Å². The minimum absolute atomic E-state index is 0.0294. The summed E-state index contributed by atoms with van der Waals surface area (Å²) in [5.74, 6) is 0.260. The molecule has 0 spiro atoms. The predicted octanol–water partition coefficient (Wildman–Crippen LogP) is 5.43. The number of fused-ring (bicyclic) bond motifs is 1. The highest BCUT2D eigenvalue weighted by Gasteiger charge is 2.36. The number of benzene rings is 2. The fourth-order valence-corrected chi connectivity index (χ4v) is 6.79. The molecule has 11 heteroatoms. The number of amides is 1. The van der Waals surface area contributed by atoms with Gasteiger partial charge in [0.25, 0.3) is 5.56 Å². The maximum absolute atomic E-state index is 16.8. The van der Waals surface area contributed by atoms with E-state index in [0.29, 0.717) is 66.1 Å². The number of carbonyl (C=O) groups is 1. The second-order valence-corrected chi connectivity index (χ2v) is 13.8. The van der Waals surface area contributed by atoms with E-state index in [4.69, 9.17) is 14.8 Å². The third kappa shape index (κ3) is 6.64. The molecular formula is C36H43FN6O4. The van der Waals surface area contributed by atoms with Crippen molar-refractivity contribution < 1.29 is 19.0 Å². The molecule has 0 unspecified atom stereocenters. The zero-order valence-corrected chi connectivity index (χ0v) is 27.8. The summed E-state index contributed by atoms with van der Waals surface area (Å²) in [5, 5.41) is 19.1. The molecule has 4 aromatic rings. The van der Waals surface area contributed by atoms with Gasteiger partial charge in [0.1, 0.15) is 11.6 Å². The number of ether oxygens (including phenoxy) is 1. The van der Waals surface area contributed by atoms with E-state index >= 15 is 4.39 Å². The van der Waals surface area contributed by atoms with E-state index in [1.165, 1.54) is 0 Å². The zero-order valence-electron chi connectivity index (χ0n) is 27.8. The van der Waals surface area contributed by atoms with Crippen LogP contribution in [0.1, 0.15) is 100 Å². The average Bonchev–Trinajstić information content (AvgIpc) is 3.64. The van der Waals surface area contributed by atoms with Gasteiger partial charge in [-0.15, -0.1) is 0 Å². The number of aromatic nitrogens is 4. The monoisotopic (exact) mass is 642 g/mol. The van der Waals surface area contributed by atoms with Crippen molar-refractivity contribution in [2.24, 2.45) is 5.10 Å². The summed E-state index contributed by atoms with van der Waals surface area (Å²) in [7, 11) is 0. The van der Waals surface area contributed by atoms with Gasteiger partial charge in [-0.25, -0.2) is 14.3 Å². The molecule has 248 valence electrons. The summed E-state index contributed by atoms with van der Waals surface area (Å²) in [6, 6.07) is 12.9. The van der Waals surface area contributed by atoms with Crippen molar-refractivity contribution in [3.05, 3.63) is 86.8 Å². The molecule has 1 saturated carbocycles. The van der Waals surface area contributed by atoms with Gasteiger partial charge in [-0.2, -0.15) is 15.2 Å². The van der Waals surface area contributed by atoms with Crippen LogP contribution < -0.4 is 11.0 Å². The van der Waals surface area contributed by atoms with Gasteiger partial charge in [-0.05, 0) is 76.5 Å². The molecule has 1 amide bonds. The molecule has 2 aromatic heterocycles. The minimum Gasteiger partial charge on any atom is -0.388 e. The molecule has 2 N–H and O–H groups in total. The van der Waals surface area contributed by atoms with Crippen LogP contribution in [0.15, 0.2) is 52.4 Å². The van der Waals surface area contributed by atoms with Gasteiger partial charge in [0.05, 0.1) is 35.6 Å². The average molecular weight is 643 g/mol. The molecule has 2 aromatic carbocycles. The first-order chi connectivity index (χ1) is 22.4. The van der Waals surface area contributed by atoms with E-state index in [9.17, 15) is 14.7 Å². The minimum atomic E-state index is -0.934. The van der Waals surface area contributed by atoms with Gasteiger partial charge in [0.2, 0.25) is 11.7 Å². The highest BCUT2D eigenvalue weighted by Crippen LogP contribution is 2.38. The molecule has 6 rings (SSSR count). The van der Waals surface area contributed by atoms with Crippen LogP contribution in [-0.2, 0) is 22.4 Å². The number of halogens is 1. The number of carbonyl (C=O) groups excluding carboxylic acids is 1. The van der Waals surface area contributed by atoms with Crippen LogP contribution in [0.25, 0.3) is 16.9 Å². The van der Waals surface area contributed by atoms with Crippen LogP contribution in [0.2, 0.25) is 0 Å². The van der Waals surface area contributed by atoms with Crippen molar-refractivity contribution in [1.82, 2.24) is 24.6 Å². The molecule has 47 heavy (non-hydrogen) atoms. The summed E-state index contributed by atoms with van der Waals surface area (Å²) in [6.07, 6.45) is 4.13. The fourth-order valence-electron chi connectivity index (χ4n) is 6.79. The van der Waals surface area contributed by atoms with Crippen molar-refractivity contribution in [1.29, 1.82) is 0 Å². The SMILES string of the molecule is CCCc1c(Cc2ccc(-c3ccccc3)c(C3=NNC(=O)C3)c2F)c(=O)n(C2CCC(C)(OCC(C)(C)O)CC2)c2nc(C)nn12. The molecule has 0 atom stereocenters. The second-order valence-electron chi connectivity index (χ2n) is 13.8. The maximum atomic E-state index is 16.8. The van der Waals surface area contributed by atoms with Gasteiger partial charge < -0.3 is 9.84 Å². The van der Waals surface area contributed by atoms with E-state index in [1.807, 2.05) is 50.2 Å². The van der Waals surface area contributed by atoms with Gasteiger partial charge >= 0.3 is 0 Å². The number of nitrogens with zero attached hydrogens (tertiary/aromatic N) is 5. The molecule has 10 nitrogen and oxygen atoms in total. The van der Waals surface area contributed by atoms with E-state index in [-0.39, 0.29) is 42.5 Å². The quantitative estimate of drug-likeness (QED) is 0.238. The molecule has 1 fully saturated rings. The van der Waals surface area contributed by atoms with Crippen LogP contribution in [-0.4, -0.2) is 53.7 Å². The number of aryl methyl sites for hydroxylation is 2. The Morgan fingerprint density at radius 3 is 2.49 bits per heavy atom. The number of nitrogens with one attached hydrogen (secondary N) is 1. The third-order valence-corrected chi connectivity index (χ3v) is 9.24.